The fourth-order valence-corrected chi connectivity index (χ4v) is 1.90. The number of aromatic nitrogens is 1. The van der Waals surface area contributed by atoms with E-state index < -0.39 is 5.56 Å². The summed E-state index contributed by atoms with van der Waals surface area (Å²) in [5, 5.41) is 19.1. The monoisotopic (exact) mass is 256 g/mol. The summed E-state index contributed by atoms with van der Waals surface area (Å²) in [5.74, 6) is 0.0599. The van der Waals surface area contributed by atoms with Crippen LogP contribution in [0.25, 0.3) is 5.69 Å². The first-order chi connectivity index (χ1) is 9.10. The Hall–Kier alpha value is -2.74. The van der Waals surface area contributed by atoms with Gasteiger partial charge in [-0.25, -0.2) is 4.57 Å². The molecule has 0 fully saturated rings. The molecule has 2 aromatic rings. The Labute approximate surface area is 109 Å². The normalized spacial score (nSPS) is 9.95. The van der Waals surface area contributed by atoms with Crippen LogP contribution < -0.4 is 10.3 Å². The van der Waals surface area contributed by atoms with Gasteiger partial charge in [0.05, 0.1) is 12.8 Å². The van der Waals surface area contributed by atoms with Crippen molar-refractivity contribution < 1.29 is 9.84 Å². The third-order valence-corrected chi connectivity index (χ3v) is 2.83. The van der Waals surface area contributed by atoms with Crippen molar-refractivity contribution in [3.63, 3.8) is 0 Å². The minimum atomic E-state index is -0.418. The summed E-state index contributed by atoms with van der Waals surface area (Å²) in [6, 6.07) is 9.98. The van der Waals surface area contributed by atoms with Crippen molar-refractivity contribution >= 4 is 0 Å². The predicted octanol–water partition coefficient (Wildman–Crippen LogP) is 1.73. The zero-order valence-electron chi connectivity index (χ0n) is 10.5. The van der Waals surface area contributed by atoms with Crippen molar-refractivity contribution in [2.75, 3.05) is 7.11 Å². The standard InChI is InChI=1S/C14H12N2O3/c1-9-7-13(17)16(14(18)10(9)8-15)11-5-3-4-6-12(11)19-2/h3-7,18H,1-2H3. The SMILES string of the molecule is COc1ccccc1-n1c(O)c(C#N)c(C)cc1=O. The maximum Gasteiger partial charge on any atom is 0.258 e. The minimum Gasteiger partial charge on any atom is -0.495 e. The number of nitriles is 1. The zero-order chi connectivity index (χ0) is 14.0. The molecule has 1 N–H and O–H groups in total. The van der Waals surface area contributed by atoms with Crippen molar-refractivity contribution in [3.8, 4) is 23.4 Å². The van der Waals surface area contributed by atoms with Crippen molar-refractivity contribution in [2.24, 2.45) is 0 Å². The first-order valence-corrected chi connectivity index (χ1v) is 5.59. The second kappa shape index (κ2) is 4.86. The third-order valence-electron chi connectivity index (χ3n) is 2.83. The van der Waals surface area contributed by atoms with Crippen LogP contribution in [0.2, 0.25) is 0 Å². The summed E-state index contributed by atoms with van der Waals surface area (Å²) < 4.78 is 6.22. The van der Waals surface area contributed by atoms with Crippen molar-refractivity contribution in [1.82, 2.24) is 4.57 Å². The van der Waals surface area contributed by atoms with E-state index in [2.05, 4.69) is 0 Å². The van der Waals surface area contributed by atoms with Crippen LogP contribution in [0.3, 0.4) is 0 Å². The van der Waals surface area contributed by atoms with Crippen LogP contribution in [-0.2, 0) is 0 Å². The Bertz CT molecular complexity index is 726. The fraction of sp³-hybridized carbons (Fsp3) is 0.143. The number of rotatable bonds is 2. The largest absolute Gasteiger partial charge is 0.495 e. The lowest BCUT2D eigenvalue weighted by Gasteiger charge is -2.13. The topological polar surface area (TPSA) is 75.2 Å². The molecule has 0 unspecified atom stereocenters. The van der Waals surface area contributed by atoms with E-state index >= 15 is 0 Å². The smallest absolute Gasteiger partial charge is 0.258 e. The van der Waals surface area contributed by atoms with Crippen LogP contribution >= 0.6 is 0 Å². The molecule has 0 saturated heterocycles. The van der Waals surface area contributed by atoms with Gasteiger partial charge in [-0.15, -0.1) is 0 Å². The van der Waals surface area contributed by atoms with Crippen molar-refractivity contribution in [2.45, 2.75) is 6.92 Å². The molecule has 96 valence electrons. The van der Waals surface area contributed by atoms with E-state index in [4.69, 9.17) is 10.00 Å². The summed E-state index contributed by atoms with van der Waals surface area (Å²) in [4.78, 5) is 12.0. The molecule has 0 aliphatic rings. The third kappa shape index (κ3) is 2.04. The van der Waals surface area contributed by atoms with Crippen LogP contribution in [0.15, 0.2) is 35.1 Å². The highest BCUT2D eigenvalue weighted by atomic mass is 16.5. The number of ether oxygens (including phenoxy) is 1. The molecule has 0 atom stereocenters. The second-order valence-electron chi connectivity index (χ2n) is 3.98. The van der Waals surface area contributed by atoms with E-state index in [0.717, 1.165) is 4.57 Å². The van der Waals surface area contributed by atoms with E-state index in [0.29, 0.717) is 17.0 Å². The summed E-state index contributed by atoms with van der Waals surface area (Å²) in [5.41, 5.74) is 0.490. The van der Waals surface area contributed by atoms with Gasteiger partial charge in [0.1, 0.15) is 17.4 Å². The molecule has 0 aliphatic carbocycles. The number of hydrogen-bond donors (Lipinski definition) is 1. The van der Waals surface area contributed by atoms with Crippen molar-refractivity contribution in [3.05, 3.63) is 51.8 Å². The molecule has 0 amide bonds. The van der Waals surface area contributed by atoms with Crippen LogP contribution in [-0.4, -0.2) is 16.8 Å². The van der Waals surface area contributed by atoms with Gasteiger partial charge in [-0.05, 0) is 24.6 Å². The molecule has 19 heavy (non-hydrogen) atoms. The van der Waals surface area contributed by atoms with E-state index in [9.17, 15) is 9.90 Å². The number of aryl methyl sites for hydroxylation is 1. The van der Waals surface area contributed by atoms with Gasteiger partial charge >= 0.3 is 0 Å². The molecule has 5 nitrogen and oxygen atoms in total. The molecule has 0 bridgehead atoms. The van der Waals surface area contributed by atoms with Gasteiger partial charge in [-0.2, -0.15) is 5.26 Å². The Morgan fingerprint density at radius 3 is 2.68 bits per heavy atom. The summed E-state index contributed by atoms with van der Waals surface area (Å²) in [6.07, 6.45) is 0. The fourth-order valence-electron chi connectivity index (χ4n) is 1.90. The molecule has 0 radical (unpaired) electrons. The van der Waals surface area contributed by atoms with E-state index in [1.807, 2.05) is 6.07 Å². The highest BCUT2D eigenvalue weighted by Gasteiger charge is 2.16. The number of hydrogen-bond acceptors (Lipinski definition) is 4. The van der Waals surface area contributed by atoms with Gasteiger partial charge < -0.3 is 9.84 Å². The van der Waals surface area contributed by atoms with Crippen LogP contribution in [0.5, 0.6) is 11.6 Å². The van der Waals surface area contributed by atoms with Crippen LogP contribution in [0.4, 0.5) is 0 Å². The summed E-state index contributed by atoms with van der Waals surface area (Å²) in [6.45, 7) is 1.60. The van der Waals surface area contributed by atoms with E-state index in [-0.39, 0.29) is 11.4 Å². The summed E-state index contributed by atoms with van der Waals surface area (Å²) >= 11 is 0. The van der Waals surface area contributed by atoms with Gasteiger partial charge in [0.15, 0.2) is 0 Å². The maximum absolute atomic E-state index is 12.0. The van der Waals surface area contributed by atoms with Gasteiger partial charge in [-0.3, -0.25) is 4.79 Å². The molecule has 1 heterocycles. The lowest BCUT2D eigenvalue weighted by Crippen LogP contribution is -2.19. The lowest BCUT2D eigenvalue weighted by atomic mass is 10.1. The van der Waals surface area contributed by atoms with Gasteiger partial charge in [-0.1, -0.05) is 12.1 Å². The van der Waals surface area contributed by atoms with Gasteiger partial charge in [0.25, 0.3) is 5.56 Å². The minimum absolute atomic E-state index is 0.0745. The van der Waals surface area contributed by atoms with Gasteiger partial charge in [0, 0.05) is 6.07 Å². The average Bonchev–Trinajstić information content (AvgIpc) is 2.39. The number of aromatic hydroxyl groups is 1. The molecular weight excluding hydrogens is 244 g/mol. The van der Waals surface area contributed by atoms with E-state index in [1.54, 1.807) is 31.2 Å². The maximum atomic E-state index is 12.0. The molecule has 1 aromatic carbocycles. The molecule has 0 aliphatic heterocycles. The molecular formula is C14H12N2O3. The Morgan fingerprint density at radius 1 is 1.37 bits per heavy atom. The molecule has 1 aromatic heterocycles. The number of para-hydroxylation sites is 2. The number of benzene rings is 1. The highest BCUT2D eigenvalue weighted by Crippen LogP contribution is 2.27. The zero-order valence-corrected chi connectivity index (χ0v) is 10.5. The Kier molecular flexibility index (Phi) is 3.25. The first kappa shape index (κ1) is 12.7. The number of pyridine rings is 1. The molecule has 5 heteroatoms. The van der Waals surface area contributed by atoms with Crippen LogP contribution in [0.1, 0.15) is 11.1 Å². The Morgan fingerprint density at radius 2 is 2.05 bits per heavy atom. The molecule has 2 rings (SSSR count). The number of methoxy groups -OCH3 is 1. The number of nitrogens with zero attached hydrogens (tertiary/aromatic N) is 2. The van der Waals surface area contributed by atoms with Gasteiger partial charge in [0.2, 0.25) is 5.88 Å². The average molecular weight is 256 g/mol. The van der Waals surface area contributed by atoms with E-state index in [1.165, 1.54) is 13.2 Å². The lowest BCUT2D eigenvalue weighted by molar-refractivity contribution is 0.403. The highest BCUT2D eigenvalue weighted by molar-refractivity contribution is 5.53. The summed E-state index contributed by atoms with van der Waals surface area (Å²) in [7, 11) is 1.47. The first-order valence-electron chi connectivity index (χ1n) is 5.59. The van der Waals surface area contributed by atoms with Crippen molar-refractivity contribution in [1.29, 1.82) is 5.26 Å². The second-order valence-corrected chi connectivity index (χ2v) is 3.98. The Balaban J connectivity index is 2.84. The predicted molar refractivity (Wildman–Crippen MR) is 69.7 cm³/mol. The quantitative estimate of drug-likeness (QED) is 0.887. The molecule has 0 saturated carbocycles. The van der Waals surface area contributed by atoms with Crippen LogP contribution in [0, 0.1) is 18.3 Å². The molecule has 0 spiro atoms.